The van der Waals surface area contributed by atoms with Gasteiger partial charge in [0.25, 0.3) is 3.79 Å². The predicted molar refractivity (Wildman–Crippen MR) is 105 cm³/mol. The summed E-state index contributed by atoms with van der Waals surface area (Å²) in [7, 11) is 0. The lowest BCUT2D eigenvalue weighted by atomic mass is 9.83. The summed E-state index contributed by atoms with van der Waals surface area (Å²) in [5, 5.41) is 0. The van der Waals surface area contributed by atoms with Gasteiger partial charge in [0.05, 0.1) is 5.69 Å². The maximum atomic E-state index is 12.6. The second-order valence-electron chi connectivity index (χ2n) is 5.73. The van der Waals surface area contributed by atoms with Gasteiger partial charge in [0.15, 0.2) is 6.29 Å². The zero-order valence-electron chi connectivity index (χ0n) is 13.5. The van der Waals surface area contributed by atoms with Gasteiger partial charge in [-0.3, -0.25) is 9.59 Å². The van der Waals surface area contributed by atoms with Gasteiger partial charge in [-0.2, -0.15) is 0 Å². The number of benzene rings is 2. The van der Waals surface area contributed by atoms with Crippen molar-refractivity contribution in [3.05, 3.63) is 94.8 Å². The van der Waals surface area contributed by atoms with E-state index in [0.29, 0.717) is 17.4 Å². The standard InChI is InChI=1S/C20H14Cl3NO2/c21-20(22,23)19(26)18-17(15(12-25)11-24-18)16(13-7-3-1-4-8-13)14-9-5-2-6-10-14/h1-12,16,24H. The molecule has 0 bridgehead atoms. The fraction of sp³-hybridized carbons (Fsp3) is 0.100. The molecule has 132 valence electrons. The lowest BCUT2D eigenvalue weighted by Gasteiger charge is -2.21. The van der Waals surface area contributed by atoms with Gasteiger partial charge in [0.1, 0.15) is 0 Å². The third-order valence-corrected chi connectivity index (χ3v) is 4.63. The Kier molecular flexibility index (Phi) is 5.52. The fourth-order valence-corrected chi connectivity index (χ4v) is 3.29. The van der Waals surface area contributed by atoms with E-state index in [9.17, 15) is 9.59 Å². The number of aromatic amines is 1. The van der Waals surface area contributed by atoms with Crippen molar-refractivity contribution in [2.45, 2.75) is 9.71 Å². The number of hydrogen-bond acceptors (Lipinski definition) is 2. The van der Waals surface area contributed by atoms with Crippen molar-refractivity contribution in [2.75, 3.05) is 0 Å². The van der Waals surface area contributed by atoms with Crippen LogP contribution in [0.4, 0.5) is 0 Å². The maximum Gasteiger partial charge on any atom is 0.255 e. The Balaban J connectivity index is 2.27. The van der Waals surface area contributed by atoms with E-state index in [-0.39, 0.29) is 11.6 Å². The molecule has 0 fully saturated rings. The molecule has 0 saturated heterocycles. The van der Waals surface area contributed by atoms with E-state index in [1.54, 1.807) is 0 Å². The van der Waals surface area contributed by atoms with Crippen molar-refractivity contribution in [3.63, 3.8) is 0 Å². The van der Waals surface area contributed by atoms with E-state index >= 15 is 0 Å². The molecule has 0 atom stereocenters. The topological polar surface area (TPSA) is 49.9 Å². The normalized spacial score (nSPS) is 11.5. The van der Waals surface area contributed by atoms with Crippen LogP contribution in [0.5, 0.6) is 0 Å². The second kappa shape index (κ2) is 7.67. The molecule has 0 aliphatic rings. The van der Waals surface area contributed by atoms with Crippen LogP contribution in [0.15, 0.2) is 66.9 Å². The number of H-pyrrole nitrogens is 1. The largest absolute Gasteiger partial charge is 0.358 e. The van der Waals surface area contributed by atoms with E-state index in [2.05, 4.69) is 4.98 Å². The van der Waals surface area contributed by atoms with Crippen LogP contribution < -0.4 is 0 Å². The number of Topliss-reactive ketones (excluding diaryl/α,β-unsaturated/α-hetero) is 1. The van der Waals surface area contributed by atoms with Crippen molar-refractivity contribution in [3.8, 4) is 0 Å². The minimum Gasteiger partial charge on any atom is -0.358 e. The quantitative estimate of drug-likeness (QED) is 0.342. The maximum absolute atomic E-state index is 12.6. The average molecular weight is 407 g/mol. The zero-order chi connectivity index (χ0) is 18.7. The van der Waals surface area contributed by atoms with Crippen molar-refractivity contribution in [2.24, 2.45) is 0 Å². The van der Waals surface area contributed by atoms with Crippen LogP contribution in [0.25, 0.3) is 0 Å². The van der Waals surface area contributed by atoms with Crippen LogP contribution >= 0.6 is 34.8 Å². The molecule has 3 aromatic rings. The van der Waals surface area contributed by atoms with Gasteiger partial charge < -0.3 is 4.98 Å². The number of aldehydes is 1. The number of alkyl halides is 3. The van der Waals surface area contributed by atoms with Gasteiger partial charge >= 0.3 is 0 Å². The third kappa shape index (κ3) is 3.70. The molecular weight excluding hydrogens is 393 g/mol. The SMILES string of the molecule is O=Cc1c[nH]c(C(=O)C(Cl)(Cl)Cl)c1C(c1ccccc1)c1ccccc1. The van der Waals surface area contributed by atoms with Gasteiger partial charge in [0, 0.05) is 23.2 Å². The molecule has 3 nitrogen and oxygen atoms in total. The van der Waals surface area contributed by atoms with Gasteiger partial charge in [-0.15, -0.1) is 0 Å². The first-order valence-corrected chi connectivity index (χ1v) is 8.94. The number of aromatic nitrogens is 1. The van der Waals surface area contributed by atoms with Crippen LogP contribution in [0.3, 0.4) is 0 Å². The van der Waals surface area contributed by atoms with E-state index in [4.69, 9.17) is 34.8 Å². The summed E-state index contributed by atoms with van der Waals surface area (Å²) in [5.74, 6) is -1.07. The summed E-state index contributed by atoms with van der Waals surface area (Å²) in [6.07, 6.45) is 2.16. The lowest BCUT2D eigenvalue weighted by molar-refractivity contribution is 0.0991. The highest BCUT2D eigenvalue weighted by Gasteiger charge is 2.37. The Hall–Kier alpha value is -2.07. The molecule has 26 heavy (non-hydrogen) atoms. The predicted octanol–water partition coefficient (Wildman–Crippen LogP) is 5.56. The highest BCUT2D eigenvalue weighted by Crippen LogP contribution is 2.39. The fourth-order valence-electron chi connectivity index (χ4n) is 3.00. The number of carbonyl (C=O) groups excluding carboxylic acids is 2. The molecule has 0 saturated carbocycles. The van der Waals surface area contributed by atoms with Crippen LogP contribution in [0.1, 0.15) is 43.5 Å². The van der Waals surface area contributed by atoms with E-state index in [1.165, 1.54) is 6.20 Å². The molecule has 2 aromatic carbocycles. The summed E-state index contributed by atoms with van der Waals surface area (Å²) in [4.78, 5) is 27.1. The number of rotatable bonds is 5. The first-order chi connectivity index (χ1) is 12.4. The number of nitrogens with one attached hydrogen (secondary N) is 1. The Morgan fingerprint density at radius 3 is 1.85 bits per heavy atom. The number of ketones is 1. The van der Waals surface area contributed by atoms with Crippen LogP contribution in [0.2, 0.25) is 0 Å². The Bertz CT molecular complexity index is 876. The third-order valence-electron chi connectivity index (χ3n) is 4.12. The second-order valence-corrected chi connectivity index (χ2v) is 8.01. The van der Waals surface area contributed by atoms with Crippen molar-refractivity contribution < 1.29 is 9.59 Å². The van der Waals surface area contributed by atoms with E-state index < -0.39 is 9.58 Å². The number of halogens is 3. The Morgan fingerprint density at radius 1 is 0.923 bits per heavy atom. The first-order valence-electron chi connectivity index (χ1n) is 7.81. The summed E-state index contributed by atoms with van der Waals surface area (Å²) < 4.78 is -2.13. The molecule has 0 radical (unpaired) electrons. The Labute approximate surface area is 165 Å². The van der Waals surface area contributed by atoms with E-state index in [0.717, 1.165) is 11.1 Å². The molecule has 0 spiro atoms. The molecule has 0 aliphatic carbocycles. The van der Waals surface area contributed by atoms with Gasteiger partial charge in [-0.25, -0.2) is 0 Å². The summed E-state index contributed by atoms with van der Waals surface area (Å²) in [6.45, 7) is 0. The smallest absolute Gasteiger partial charge is 0.255 e. The minimum absolute atomic E-state index is 0.116. The van der Waals surface area contributed by atoms with E-state index in [1.807, 2.05) is 60.7 Å². The first kappa shape index (κ1) is 18.7. The van der Waals surface area contributed by atoms with Crippen LogP contribution in [0, 0.1) is 0 Å². The molecule has 0 unspecified atom stereocenters. The zero-order valence-corrected chi connectivity index (χ0v) is 15.7. The molecule has 1 N–H and O–H groups in total. The number of hydrogen-bond donors (Lipinski definition) is 1. The average Bonchev–Trinajstić information content (AvgIpc) is 3.06. The molecule has 0 amide bonds. The van der Waals surface area contributed by atoms with Gasteiger partial charge in [-0.05, 0) is 11.1 Å². The monoisotopic (exact) mass is 405 g/mol. The van der Waals surface area contributed by atoms with Crippen molar-refractivity contribution >= 4 is 46.9 Å². The highest BCUT2D eigenvalue weighted by molar-refractivity contribution is 6.77. The molecule has 1 aromatic heterocycles. The molecule has 6 heteroatoms. The summed E-state index contributed by atoms with van der Waals surface area (Å²) >= 11 is 17.4. The minimum atomic E-state index is -2.13. The Morgan fingerprint density at radius 2 is 1.42 bits per heavy atom. The number of carbonyl (C=O) groups is 2. The van der Waals surface area contributed by atoms with Gasteiger partial charge in [0.2, 0.25) is 5.78 Å². The van der Waals surface area contributed by atoms with Gasteiger partial charge in [-0.1, -0.05) is 95.5 Å². The molecule has 3 rings (SSSR count). The molecule has 1 heterocycles. The summed E-state index contributed by atoms with van der Waals surface area (Å²) in [5.41, 5.74) is 2.79. The van der Waals surface area contributed by atoms with Crippen LogP contribution in [-0.4, -0.2) is 20.8 Å². The van der Waals surface area contributed by atoms with Crippen molar-refractivity contribution in [1.82, 2.24) is 4.98 Å². The molecular formula is C20H14Cl3NO2. The van der Waals surface area contributed by atoms with Crippen molar-refractivity contribution in [1.29, 1.82) is 0 Å². The highest BCUT2D eigenvalue weighted by atomic mass is 35.6. The van der Waals surface area contributed by atoms with Crippen LogP contribution in [-0.2, 0) is 0 Å². The lowest BCUT2D eigenvalue weighted by Crippen LogP contribution is -2.22. The summed E-state index contributed by atoms with van der Waals surface area (Å²) in [6, 6.07) is 19.1. The molecule has 0 aliphatic heterocycles.